The fraction of sp³-hybridized carbons (Fsp3) is 0.600. The Morgan fingerprint density at radius 2 is 2.31 bits per heavy atom. The third kappa shape index (κ3) is 2.85. The highest BCUT2D eigenvalue weighted by atomic mass is 35.5. The molecule has 0 saturated carbocycles. The van der Waals surface area contributed by atoms with Gasteiger partial charge in [0.2, 0.25) is 0 Å². The predicted octanol–water partition coefficient (Wildman–Crippen LogP) is 2.08. The number of thiazole rings is 1. The van der Waals surface area contributed by atoms with Crippen molar-refractivity contribution >= 4 is 28.1 Å². The molecule has 0 radical (unpaired) electrons. The van der Waals surface area contributed by atoms with E-state index in [1.165, 1.54) is 24.2 Å². The second kappa shape index (κ2) is 5.48. The lowest BCUT2D eigenvalue weighted by Gasteiger charge is -2.22. The first-order valence-electron chi connectivity index (χ1n) is 5.30. The Kier molecular flexibility index (Phi) is 3.99. The van der Waals surface area contributed by atoms with E-state index in [0.29, 0.717) is 15.9 Å². The lowest BCUT2D eigenvalue weighted by molar-refractivity contribution is 0.390. The third-order valence-electron chi connectivity index (χ3n) is 2.69. The molecule has 1 aliphatic rings. The normalized spacial score (nSPS) is 17.0. The predicted molar refractivity (Wildman–Crippen MR) is 65.9 cm³/mol. The fourth-order valence-electron chi connectivity index (χ4n) is 1.76. The van der Waals surface area contributed by atoms with Crippen LogP contribution in [-0.4, -0.2) is 24.6 Å². The average Bonchev–Trinajstić information content (AvgIpc) is 2.69. The Morgan fingerprint density at radius 3 is 2.94 bits per heavy atom. The lowest BCUT2D eigenvalue weighted by atomic mass is 9.98. The fourth-order valence-corrected chi connectivity index (χ4v) is 2.72. The zero-order valence-corrected chi connectivity index (χ0v) is 10.4. The number of aromatic nitrogens is 1. The van der Waals surface area contributed by atoms with Gasteiger partial charge in [0.15, 0.2) is 10.3 Å². The minimum atomic E-state index is 0.306. The maximum atomic E-state index is 8.75. The van der Waals surface area contributed by atoms with Gasteiger partial charge in [0, 0.05) is 6.54 Å². The zero-order valence-electron chi connectivity index (χ0n) is 8.79. The maximum Gasteiger partial charge on any atom is 0.185 e. The van der Waals surface area contributed by atoms with Crippen LogP contribution in [0.3, 0.4) is 0 Å². The van der Waals surface area contributed by atoms with Crippen molar-refractivity contribution in [1.29, 1.82) is 5.26 Å². The molecule has 4 nitrogen and oxygen atoms in total. The Balaban J connectivity index is 1.86. The van der Waals surface area contributed by atoms with Crippen molar-refractivity contribution in [1.82, 2.24) is 10.3 Å². The number of halogens is 1. The molecule has 2 N–H and O–H groups in total. The van der Waals surface area contributed by atoms with E-state index in [9.17, 15) is 0 Å². The van der Waals surface area contributed by atoms with Gasteiger partial charge in [0.25, 0.3) is 0 Å². The number of hydrogen-bond donors (Lipinski definition) is 2. The minimum Gasteiger partial charge on any atom is -0.361 e. The van der Waals surface area contributed by atoms with Gasteiger partial charge in [-0.15, -0.1) is 0 Å². The molecule has 0 aliphatic carbocycles. The van der Waals surface area contributed by atoms with E-state index in [1.807, 2.05) is 6.07 Å². The van der Waals surface area contributed by atoms with E-state index in [-0.39, 0.29) is 0 Å². The minimum absolute atomic E-state index is 0.306. The highest BCUT2D eigenvalue weighted by Crippen LogP contribution is 2.26. The molecule has 6 heteroatoms. The number of nitrogens with one attached hydrogen (secondary N) is 2. The molecule has 0 spiro atoms. The first-order valence-corrected chi connectivity index (χ1v) is 6.50. The second-order valence-electron chi connectivity index (χ2n) is 3.83. The van der Waals surface area contributed by atoms with E-state index in [0.717, 1.165) is 24.8 Å². The van der Waals surface area contributed by atoms with Crippen molar-refractivity contribution < 1.29 is 0 Å². The summed E-state index contributed by atoms with van der Waals surface area (Å²) in [5.74, 6) is 0.689. The van der Waals surface area contributed by atoms with Crippen LogP contribution >= 0.6 is 22.9 Å². The summed E-state index contributed by atoms with van der Waals surface area (Å²) < 4.78 is 0. The highest BCUT2D eigenvalue weighted by molar-refractivity contribution is 7.16. The molecule has 86 valence electrons. The van der Waals surface area contributed by atoms with Crippen molar-refractivity contribution in [3.63, 3.8) is 0 Å². The van der Waals surface area contributed by atoms with Gasteiger partial charge in [0.1, 0.15) is 10.9 Å². The summed E-state index contributed by atoms with van der Waals surface area (Å²) in [5, 5.41) is 16.4. The van der Waals surface area contributed by atoms with Gasteiger partial charge in [-0.2, -0.15) is 5.26 Å². The van der Waals surface area contributed by atoms with E-state index >= 15 is 0 Å². The van der Waals surface area contributed by atoms with E-state index in [2.05, 4.69) is 15.6 Å². The van der Waals surface area contributed by atoms with Crippen LogP contribution in [0.5, 0.6) is 0 Å². The number of nitriles is 1. The molecule has 0 amide bonds. The summed E-state index contributed by atoms with van der Waals surface area (Å²) in [7, 11) is 0. The van der Waals surface area contributed by atoms with Gasteiger partial charge in [-0.25, -0.2) is 4.98 Å². The van der Waals surface area contributed by atoms with Gasteiger partial charge in [-0.3, -0.25) is 0 Å². The summed E-state index contributed by atoms with van der Waals surface area (Å²) in [6.07, 6.45) is 2.38. The number of hydrogen-bond acceptors (Lipinski definition) is 5. The van der Waals surface area contributed by atoms with Gasteiger partial charge in [-0.05, 0) is 31.8 Å². The molecule has 1 fully saturated rings. The van der Waals surface area contributed by atoms with Gasteiger partial charge in [-0.1, -0.05) is 22.9 Å². The topological polar surface area (TPSA) is 60.7 Å². The summed E-state index contributed by atoms with van der Waals surface area (Å²) in [6, 6.07) is 2.03. The smallest absolute Gasteiger partial charge is 0.185 e. The van der Waals surface area contributed by atoms with Crippen LogP contribution in [0, 0.1) is 17.2 Å². The first-order chi connectivity index (χ1) is 7.79. The van der Waals surface area contributed by atoms with Gasteiger partial charge in [0.05, 0.1) is 0 Å². The van der Waals surface area contributed by atoms with Crippen LogP contribution < -0.4 is 10.6 Å². The van der Waals surface area contributed by atoms with Crippen LogP contribution in [0.1, 0.15) is 17.7 Å². The number of piperidine rings is 1. The Morgan fingerprint density at radius 1 is 1.56 bits per heavy atom. The number of anilines is 1. The number of nitrogens with zero attached hydrogens (tertiary/aromatic N) is 2. The molecular weight excluding hydrogens is 244 g/mol. The highest BCUT2D eigenvalue weighted by Gasteiger charge is 2.14. The molecule has 1 saturated heterocycles. The quantitative estimate of drug-likeness (QED) is 0.869. The summed E-state index contributed by atoms with van der Waals surface area (Å²) in [5.41, 5.74) is 0. The molecule has 2 heterocycles. The van der Waals surface area contributed by atoms with Crippen molar-refractivity contribution in [2.75, 3.05) is 25.0 Å². The van der Waals surface area contributed by atoms with Gasteiger partial charge >= 0.3 is 0 Å². The van der Waals surface area contributed by atoms with E-state index < -0.39 is 0 Å². The molecule has 2 rings (SSSR count). The standard InChI is InChI=1S/C10H13ClN4S/c11-9-8(5-12)16-10(15-9)14-6-7-1-3-13-4-2-7/h7,13H,1-4,6H2,(H,14,15). The molecular formula is C10H13ClN4S. The Bertz CT molecular complexity index is 392. The molecule has 1 aromatic heterocycles. The van der Waals surface area contributed by atoms with Crippen LogP contribution in [0.15, 0.2) is 0 Å². The Hall–Kier alpha value is -0.830. The summed E-state index contributed by atoms with van der Waals surface area (Å²) in [6.45, 7) is 3.10. The monoisotopic (exact) mass is 256 g/mol. The molecule has 1 aromatic rings. The summed E-state index contributed by atoms with van der Waals surface area (Å²) in [4.78, 5) is 4.58. The largest absolute Gasteiger partial charge is 0.361 e. The van der Waals surface area contributed by atoms with Crippen molar-refractivity contribution in [2.45, 2.75) is 12.8 Å². The first kappa shape index (κ1) is 11.6. The van der Waals surface area contributed by atoms with Crippen LogP contribution in [0.25, 0.3) is 0 Å². The Labute approximate surface area is 104 Å². The summed E-state index contributed by atoms with van der Waals surface area (Å²) >= 11 is 7.11. The van der Waals surface area contributed by atoms with Crippen molar-refractivity contribution in [2.24, 2.45) is 5.92 Å². The molecule has 0 bridgehead atoms. The van der Waals surface area contributed by atoms with Gasteiger partial charge < -0.3 is 10.6 Å². The van der Waals surface area contributed by atoms with Crippen LogP contribution in [-0.2, 0) is 0 Å². The van der Waals surface area contributed by atoms with Crippen LogP contribution in [0.4, 0.5) is 5.13 Å². The molecule has 16 heavy (non-hydrogen) atoms. The maximum absolute atomic E-state index is 8.75. The second-order valence-corrected chi connectivity index (χ2v) is 5.18. The van der Waals surface area contributed by atoms with Crippen molar-refractivity contribution in [3.05, 3.63) is 10.0 Å². The molecule has 0 aromatic carbocycles. The number of rotatable bonds is 3. The molecule has 0 atom stereocenters. The van der Waals surface area contributed by atoms with Crippen molar-refractivity contribution in [3.8, 4) is 6.07 Å². The lowest BCUT2D eigenvalue weighted by Crippen LogP contribution is -2.31. The third-order valence-corrected chi connectivity index (χ3v) is 3.99. The zero-order chi connectivity index (χ0) is 11.4. The SMILES string of the molecule is N#Cc1sc(NCC2CCNCC2)nc1Cl. The van der Waals surface area contributed by atoms with E-state index in [1.54, 1.807) is 0 Å². The van der Waals surface area contributed by atoms with E-state index in [4.69, 9.17) is 16.9 Å². The molecule has 1 aliphatic heterocycles. The molecule has 0 unspecified atom stereocenters. The van der Waals surface area contributed by atoms with Crippen LogP contribution in [0.2, 0.25) is 5.15 Å². The average molecular weight is 257 g/mol.